The predicted molar refractivity (Wildman–Crippen MR) is 113 cm³/mol. The fourth-order valence-corrected chi connectivity index (χ4v) is 5.01. The molecule has 0 saturated heterocycles. The van der Waals surface area contributed by atoms with Gasteiger partial charge < -0.3 is 0 Å². The molecule has 3 heteroatoms. The molecule has 2 aromatic carbocycles. The van der Waals surface area contributed by atoms with E-state index >= 15 is 0 Å². The summed E-state index contributed by atoms with van der Waals surface area (Å²) in [7, 11) is 0. The Bertz CT molecular complexity index is 856. The van der Waals surface area contributed by atoms with Crippen LogP contribution in [0.3, 0.4) is 0 Å². The quantitative estimate of drug-likeness (QED) is 0.493. The van der Waals surface area contributed by atoms with Gasteiger partial charge in [-0.15, -0.1) is 0 Å². The molecule has 1 fully saturated rings. The highest BCUT2D eigenvalue weighted by molar-refractivity contribution is 5.70. The molecule has 0 radical (unpaired) electrons. The van der Waals surface area contributed by atoms with Crippen molar-refractivity contribution in [1.82, 2.24) is 0 Å². The molecule has 0 aromatic heterocycles. The second kappa shape index (κ2) is 8.77. The predicted octanol–water partition coefficient (Wildman–Crippen LogP) is 7.37. The van der Waals surface area contributed by atoms with Crippen molar-refractivity contribution in [1.29, 1.82) is 0 Å². The van der Waals surface area contributed by atoms with E-state index in [9.17, 15) is 13.2 Å². The summed E-state index contributed by atoms with van der Waals surface area (Å²) in [5.41, 5.74) is 5.21. The van der Waals surface area contributed by atoms with Crippen LogP contribution in [0.1, 0.15) is 67.2 Å². The molecule has 2 atom stereocenters. The molecule has 2 aliphatic rings. The Hall–Kier alpha value is -2.03. The van der Waals surface area contributed by atoms with Crippen molar-refractivity contribution in [3.63, 3.8) is 0 Å². The van der Waals surface area contributed by atoms with Gasteiger partial charge >= 0.3 is 0 Å². The zero-order valence-electron chi connectivity index (χ0n) is 17.0. The highest BCUT2D eigenvalue weighted by Gasteiger charge is 2.39. The van der Waals surface area contributed by atoms with Gasteiger partial charge in [0.25, 0.3) is 0 Å². The first-order valence-electron chi connectivity index (χ1n) is 10.9. The first-order valence-corrected chi connectivity index (χ1v) is 10.9. The lowest BCUT2D eigenvalue weighted by Crippen LogP contribution is -2.33. The highest BCUT2D eigenvalue weighted by Crippen LogP contribution is 2.42. The maximum absolute atomic E-state index is 14.8. The van der Waals surface area contributed by atoms with Gasteiger partial charge in [0, 0.05) is 5.92 Å². The molecule has 0 N–H and O–H groups in total. The van der Waals surface area contributed by atoms with E-state index in [0.717, 1.165) is 47.9 Å². The second-order valence-corrected chi connectivity index (χ2v) is 8.68. The largest absolute Gasteiger partial charge is 0.247 e. The summed E-state index contributed by atoms with van der Waals surface area (Å²) in [5, 5.41) is 0. The van der Waals surface area contributed by atoms with Crippen molar-refractivity contribution in [2.45, 2.75) is 70.1 Å². The van der Waals surface area contributed by atoms with Crippen LogP contribution in [0, 0.1) is 11.7 Å². The van der Waals surface area contributed by atoms with Crippen LogP contribution in [0.25, 0.3) is 5.57 Å². The van der Waals surface area contributed by atoms with Crippen molar-refractivity contribution in [2.24, 2.45) is 5.92 Å². The Kier molecular flexibility index (Phi) is 6.12. The van der Waals surface area contributed by atoms with Gasteiger partial charge in [-0.05, 0) is 71.6 Å². The lowest BCUT2D eigenvalue weighted by Gasteiger charge is -2.35. The van der Waals surface area contributed by atoms with Gasteiger partial charge in [0.1, 0.15) is 18.2 Å². The van der Waals surface area contributed by atoms with Gasteiger partial charge in [-0.25, -0.2) is 13.2 Å². The van der Waals surface area contributed by atoms with Crippen LogP contribution in [-0.4, -0.2) is 12.3 Å². The van der Waals surface area contributed by atoms with Crippen molar-refractivity contribution in [2.75, 3.05) is 0 Å². The summed E-state index contributed by atoms with van der Waals surface area (Å²) in [6.45, 7) is 2.12. The zero-order chi connectivity index (χ0) is 20.4. The van der Waals surface area contributed by atoms with Gasteiger partial charge in [0.15, 0.2) is 0 Å². The maximum Gasteiger partial charge on any atom is 0.123 e. The van der Waals surface area contributed by atoms with Crippen LogP contribution in [0.5, 0.6) is 0 Å². The van der Waals surface area contributed by atoms with Crippen LogP contribution in [-0.2, 0) is 12.8 Å². The van der Waals surface area contributed by atoms with E-state index in [4.69, 9.17) is 0 Å². The number of allylic oxidation sites excluding steroid dienone is 2. The molecule has 0 nitrogen and oxygen atoms in total. The topological polar surface area (TPSA) is 0 Å². The lowest BCUT2D eigenvalue weighted by molar-refractivity contribution is 0.0824. The zero-order valence-corrected chi connectivity index (χ0v) is 17.0. The van der Waals surface area contributed by atoms with E-state index in [0.29, 0.717) is 19.3 Å². The average Bonchev–Trinajstić information content (AvgIpc) is 2.72. The van der Waals surface area contributed by atoms with Gasteiger partial charge in [-0.3, -0.25) is 0 Å². The summed E-state index contributed by atoms with van der Waals surface area (Å²) in [5.74, 6) is -0.672. The van der Waals surface area contributed by atoms with Crippen molar-refractivity contribution in [3.8, 4) is 0 Å². The van der Waals surface area contributed by atoms with E-state index in [2.05, 4.69) is 13.0 Å². The van der Waals surface area contributed by atoms with Gasteiger partial charge in [0.2, 0.25) is 0 Å². The molecule has 0 bridgehead atoms. The smallest absolute Gasteiger partial charge is 0.123 e. The molecule has 29 heavy (non-hydrogen) atoms. The van der Waals surface area contributed by atoms with Crippen LogP contribution in [0.4, 0.5) is 13.2 Å². The molecule has 0 spiro atoms. The molecule has 1 saturated carbocycles. The number of halogens is 3. The normalized spacial score (nSPS) is 26.7. The van der Waals surface area contributed by atoms with E-state index in [1.807, 2.05) is 30.3 Å². The summed E-state index contributed by atoms with van der Waals surface area (Å²) in [4.78, 5) is 0. The maximum atomic E-state index is 14.8. The Morgan fingerprint density at radius 2 is 1.66 bits per heavy atom. The fourth-order valence-electron chi connectivity index (χ4n) is 5.01. The molecule has 0 aliphatic heterocycles. The minimum absolute atomic E-state index is 0.174. The Morgan fingerprint density at radius 1 is 0.931 bits per heavy atom. The lowest BCUT2D eigenvalue weighted by atomic mass is 9.74. The highest BCUT2D eigenvalue weighted by atomic mass is 19.1. The summed E-state index contributed by atoms with van der Waals surface area (Å²) in [6.07, 6.45) is 5.40. The Balaban J connectivity index is 1.46. The SMILES string of the molecule is CCCCC1CC(F)C(c2ccc(C3=CCc4cc(F)ccc4C3)cc2)C(F)C1. The first kappa shape index (κ1) is 20.3. The van der Waals surface area contributed by atoms with Crippen molar-refractivity contribution < 1.29 is 13.2 Å². The summed E-state index contributed by atoms with van der Waals surface area (Å²) >= 11 is 0. The van der Waals surface area contributed by atoms with E-state index in [1.54, 1.807) is 6.07 Å². The molecule has 2 aromatic rings. The summed E-state index contributed by atoms with van der Waals surface area (Å²) in [6, 6.07) is 12.7. The standard InChI is InChI=1S/C26H29F3/c1-2-3-4-17-13-24(28)26(25(29)14-17)19-7-5-18(6-8-19)20-9-10-22-16-23(27)12-11-21(22)15-20/h5-9,11-12,16-17,24-26H,2-4,10,13-15H2,1H3. The molecular weight excluding hydrogens is 369 g/mol. The molecule has 0 heterocycles. The van der Waals surface area contributed by atoms with Crippen LogP contribution in [0.15, 0.2) is 48.5 Å². The van der Waals surface area contributed by atoms with E-state index in [-0.39, 0.29) is 11.7 Å². The third-order valence-corrected chi connectivity index (χ3v) is 6.65. The number of hydrogen-bond donors (Lipinski definition) is 0. The molecule has 4 rings (SSSR count). The third kappa shape index (κ3) is 4.44. The molecule has 2 aliphatic carbocycles. The number of unbranched alkanes of at least 4 members (excludes halogenated alkanes) is 1. The van der Waals surface area contributed by atoms with Crippen molar-refractivity contribution >= 4 is 5.57 Å². The second-order valence-electron chi connectivity index (χ2n) is 8.68. The minimum atomic E-state index is -1.11. The Morgan fingerprint density at radius 3 is 2.34 bits per heavy atom. The molecular formula is C26H29F3. The first-order chi connectivity index (χ1) is 14.0. The molecule has 0 amide bonds. The summed E-state index contributed by atoms with van der Waals surface area (Å²) < 4.78 is 43.1. The van der Waals surface area contributed by atoms with Crippen molar-refractivity contribution in [3.05, 3.63) is 76.6 Å². The van der Waals surface area contributed by atoms with Gasteiger partial charge in [-0.1, -0.05) is 62.6 Å². The molecule has 154 valence electrons. The van der Waals surface area contributed by atoms with Crippen LogP contribution in [0.2, 0.25) is 0 Å². The number of hydrogen-bond acceptors (Lipinski definition) is 0. The number of fused-ring (bicyclic) bond motifs is 1. The third-order valence-electron chi connectivity index (χ3n) is 6.65. The van der Waals surface area contributed by atoms with Crippen LogP contribution >= 0.6 is 0 Å². The van der Waals surface area contributed by atoms with E-state index < -0.39 is 18.3 Å². The number of rotatable bonds is 5. The molecule has 2 unspecified atom stereocenters. The fraction of sp³-hybridized carbons (Fsp3) is 0.462. The van der Waals surface area contributed by atoms with Crippen LogP contribution < -0.4 is 0 Å². The number of benzene rings is 2. The average molecular weight is 399 g/mol. The number of alkyl halides is 2. The van der Waals surface area contributed by atoms with E-state index in [1.165, 1.54) is 11.6 Å². The van der Waals surface area contributed by atoms with Gasteiger partial charge in [0.05, 0.1) is 0 Å². The van der Waals surface area contributed by atoms with Gasteiger partial charge in [-0.2, -0.15) is 0 Å². The Labute approximate surface area is 171 Å². The monoisotopic (exact) mass is 398 g/mol. The minimum Gasteiger partial charge on any atom is -0.247 e.